The van der Waals surface area contributed by atoms with E-state index in [1.807, 2.05) is 45.0 Å². The fourth-order valence-electron chi connectivity index (χ4n) is 1.45. The highest BCUT2D eigenvalue weighted by atomic mass is 35.5. The van der Waals surface area contributed by atoms with Gasteiger partial charge in [-0.1, -0.05) is 24.3 Å². The van der Waals surface area contributed by atoms with Gasteiger partial charge in [-0.15, -0.1) is 11.6 Å². The number of hydrogen-bond donors (Lipinski definition) is 1. The van der Waals surface area contributed by atoms with Crippen molar-refractivity contribution in [3.8, 4) is 0 Å². The molecule has 1 rings (SSSR count). The Morgan fingerprint density at radius 3 is 2.35 bits per heavy atom. The molecule has 0 atom stereocenters. The van der Waals surface area contributed by atoms with Gasteiger partial charge in [0.05, 0.1) is 13.2 Å². The minimum Gasteiger partial charge on any atom is -0.444 e. The number of benzene rings is 1. The molecule has 0 aliphatic rings. The van der Waals surface area contributed by atoms with Crippen LogP contribution in [-0.4, -0.2) is 24.8 Å². The number of carbonyl (C=O) groups is 1. The van der Waals surface area contributed by atoms with Gasteiger partial charge in [-0.2, -0.15) is 0 Å². The van der Waals surface area contributed by atoms with E-state index >= 15 is 0 Å². The molecule has 1 N–H and O–H groups in total. The van der Waals surface area contributed by atoms with Gasteiger partial charge in [-0.05, 0) is 31.9 Å². The zero-order valence-electron chi connectivity index (χ0n) is 12.2. The van der Waals surface area contributed by atoms with Crippen LogP contribution >= 0.6 is 11.6 Å². The van der Waals surface area contributed by atoms with Gasteiger partial charge in [0.1, 0.15) is 5.60 Å². The summed E-state index contributed by atoms with van der Waals surface area (Å²) in [6.07, 6.45) is -0.424. The maximum atomic E-state index is 11.4. The van der Waals surface area contributed by atoms with E-state index in [1.165, 1.54) is 0 Å². The fraction of sp³-hybridized carbons (Fsp3) is 0.533. The summed E-state index contributed by atoms with van der Waals surface area (Å²) < 4.78 is 10.6. The van der Waals surface area contributed by atoms with E-state index in [2.05, 4.69) is 5.32 Å². The Morgan fingerprint density at radius 1 is 1.20 bits per heavy atom. The molecule has 0 aliphatic heterocycles. The minimum atomic E-state index is -0.477. The third-order valence-corrected chi connectivity index (χ3v) is 2.67. The molecule has 1 aromatic carbocycles. The molecular formula is C15H22ClNO3. The van der Waals surface area contributed by atoms with Crippen LogP contribution < -0.4 is 5.32 Å². The van der Waals surface area contributed by atoms with Crippen molar-refractivity contribution in [2.75, 3.05) is 13.2 Å². The van der Waals surface area contributed by atoms with E-state index in [0.717, 1.165) is 11.1 Å². The second-order valence-corrected chi connectivity index (χ2v) is 5.70. The predicted octanol–water partition coefficient (Wildman–Crippen LogP) is 3.47. The number of amides is 1. The van der Waals surface area contributed by atoms with Crippen molar-refractivity contribution in [2.24, 2.45) is 0 Å². The molecule has 0 saturated carbocycles. The van der Waals surface area contributed by atoms with Gasteiger partial charge in [0, 0.05) is 12.4 Å². The van der Waals surface area contributed by atoms with Crippen LogP contribution in [0.3, 0.4) is 0 Å². The average molecular weight is 300 g/mol. The lowest BCUT2D eigenvalue weighted by Gasteiger charge is -2.19. The van der Waals surface area contributed by atoms with Gasteiger partial charge in [-0.25, -0.2) is 4.79 Å². The Labute approximate surface area is 125 Å². The van der Waals surface area contributed by atoms with Crippen molar-refractivity contribution in [3.05, 3.63) is 35.4 Å². The molecule has 20 heavy (non-hydrogen) atoms. The van der Waals surface area contributed by atoms with Crippen molar-refractivity contribution in [1.29, 1.82) is 0 Å². The molecule has 0 aliphatic carbocycles. The van der Waals surface area contributed by atoms with Gasteiger partial charge < -0.3 is 14.8 Å². The molecule has 0 bridgehead atoms. The van der Waals surface area contributed by atoms with E-state index in [-0.39, 0.29) is 0 Å². The third kappa shape index (κ3) is 7.36. The fourth-order valence-corrected chi connectivity index (χ4v) is 1.63. The van der Waals surface area contributed by atoms with Crippen LogP contribution in [0.2, 0.25) is 0 Å². The third-order valence-electron chi connectivity index (χ3n) is 2.36. The summed E-state index contributed by atoms with van der Waals surface area (Å²) in [7, 11) is 0. The molecule has 0 radical (unpaired) electrons. The first-order valence-corrected chi connectivity index (χ1v) is 7.12. The van der Waals surface area contributed by atoms with E-state index in [9.17, 15) is 4.79 Å². The standard InChI is InChI=1S/C15H22ClNO3/c1-15(2,3)20-14(18)17-8-9-19-11-13-6-4-12(10-16)5-7-13/h4-7H,8-11H2,1-3H3,(H,17,18). The normalized spacial score (nSPS) is 11.2. The predicted molar refractivity (Wildman–Crippen MR) is 79.9 cm³/mol. The smallest absolute Gasteiger partial charge is 0.407 e. The quantitative estimate of drug-likeness (QED) is 0.646. The van der Waals surface area contributed by atoms with Crippen LogP contribution in [-0.2, 0) is 22.0 Å². The maximum Gasteiger partial charge on any atom is 0.407 e. The Kier molecular flexibility index (Phi) is 6.82. The SMILES string of the molecule is CC(C)(C)OC(=O)NCCOCc1ccc(CCl)cc1. The molecular weight excluding hydrogens is 278 g/mol. The highest BCUT2D eigenvalue weighted by molar-refractivity contribution is 6.17. The monoisotopic (exact) mass is 299 g/mol. The van der Waals surface area contributed by atoms with Gasteiger partial charge in [0.2, 0.25) is 0 Å². The van der Waals surface area contributed by atoms with Crippen molar-refractivity contribution in [3.63, 3.8) is 0 Å². The first-order valence-electron chi connectivity index (χ1n) is 6.59. The van der Waals surface area contributed by atoms with Crippen LogP contribution in [0.15, 0.2) is 24.3 Å². The second kappa shape index (κ2) is 8.12. The van der Waals surface area contributed by atoms with E-state index < -0.39 is 11.7 Å². The Balaban J connectivity index is 2.14. The molecule has 1 amide bonds. The van der Waals surface area contributed by atoms with Gasteiger partial charge in [0.15, 0.2) is 0 Å². The number of nitrogens with one attached hydrogen (secondary N) is 1. The number of alkyl carbamates (subject to hydrolysis) is 1. The second-order valence-electron chi connectivity index (χ2n) is 5.43. The lowest BCUT2D eigenvalue weighted by atomic mass is 10.2. The summed E-state index contributed by atoms with van der Waals surface area (Å²) >= 11 is 5.72. The molecule has 0 fully saturated rings. The largest absolute Gasteiger partial charge is 0.444 e. The van der Waals surface area contributed by atoms with Crippen LogP contribution in [0.5, 0.6) is 0 Å². The van der Waals surface area contributed by atoms with Gasteiger partial charge in [0.25, 0.3) is 0 Å². The van der Waals surface area contributed by atoms with Crippen molar-refractivity contribution < 1.29 is 14.3 Å². The lowest BCUT2D eigenvalue weighted by molar-refractivity contribution is 0.0494. The highest BCUT2D eigenvalue weighted by Crippen LogP contribution is 2.08. The van der Waals surface area contributed by atoms with Crippen molar-refractivity contribution in [1.82, 2.24) is 5.32 Å². The number of alkyl halides is 1. The Morgan fingerprint density at radius 2 is 1.80 bits per heavy atom. The molecule has 0 aromatic heterocycles. The zero-order valence-corrected chi connectivity index (χ0v) is 13.0. The molecule has 1 aromatic rings. The number of carbonyl (C=O) groups excluding carboxylic acids is 1. The number of ether oxygens (including phenoxy) is 2. The van der Waals surface area contributed by atoms with Gasteiger partial charge >= 0.3 is 6.09 Å². The number of halogens is 1. The average Bonchev–Trinajstić information content (AvgIpc) is 2.37. The summed E-state index contributed by atoms with van der Waals surface area (Å²) in [5.74, 6) is 0.515. The topological polar surface area (TPSA) is 47.6 Å². The Bertz CT molecular complexity index is 412. The van der Waals surface area contributed by atoms with Crippen molar-refractivity contribution >= 4 is 17.7 Å². The van der Waals surface area contributed by atoms with E-state index in [1.54, 1.807) is 0 Å². The molecule has 0 unspecified atom stereocenters. The molecule has 5 heteroatoms. The molecule has 0 heterocycles. The summed E-state index contributed by atoms with van der Waals surface area (Å²) in [6, 6.07) is 7.92. The summed E-state index contributed by atoms with van der Waals surface area (Å²) in [4.78, 5) is 11.4. The van der Waals surface area contributed by atoms with Crippen LogP contribution in [0.25, 0.3) is 0 Å². The molecule has 4 nitrogen and oxygen atoms in total. The lowest BCUT2D eigenvalue weighted by Crippen LogP contribution is -2.34. The van der Waals surface area contributed by atoms with Gasteiger partial charge in [-0.3, -0.25) is 0 Å². The Hall–Kier alpha value is -1.26. The van der Waals surface area contributed by atoms with Crippen LogP contribution in [0.4, 0.5) is 4.79 Å². The first kappa shape index (κ1) is 16.8. The summed E-state index contributed by atoms with van der Waals surface area (Å²) in [6.45, 7) is 6.86. The maximum absolute atomic E-state index is 11.4. The zero-order chi connectivity index (χ0) is 15.0. The number of rotatable bonds is 6. The summed E-state index contributed by atoms with van der Waals surface area (Å²) in [5, 5.41) is 2.64. The number of hydrogen-bond acceptors (Lipinski definition) is 3. The highest BCUT2D eigenvalue weighted by Gasteiger charge is 2.15. The van der Waals surface area contributed by atoms with Crippen molar-refractivity contribution in [2.45, 2.75) is 38.9 Å². The summed E-state index contributed by atoms with van der Waals surface area (Å²) in [5.41, 5.74) is 1.69. The van der Waals surface area contributed by atoms with Crippen LogP contribution in [0.1, 0.15) is 31.9 Å². The molecule has 0 saturated heterocycles. The molecule has 112 valence electrons. The minimum absolute atomic E-state index is 0.424. The van der Waals surface area contributed by atoms with E-state index in [0.29, 0.717) is 25.6 Å². The van der Waals surface area contributed by atoms with E-state index in [4.69, 9.17) is 21.1 Å². The van der Waals surface area contributed by atoms with Crippen LogP contribution in [0, 0.1) is 0 Å². The first-order chi connectivity index (χ1) is 9.40. The molecule has 0 spiro atoms.